The minimum Gasteiger partial charge on any atom is 2.00 e. The third kappa shape index (κ3) is 7.51. The van der Waals surface area contributed by atoms with Gasteiger partial charge in [0.15, 0.2) is 69.8 Å². The number of fused-ring (bicyclic) bond motifs is 13. The number of amides is 1. The van der Waals surface area contributed by atoms with Gasteiger partial charge in [-0.2, -0.15) is 0 Å². The Kier molecular flexibility index (Phi) is 12.9. The molecule has 3 fully saturated rings. The van der Waals surface area contributed by atoms with Crippen LogP contribution in [0.25, 0.3) is 79.8 Å². The molecule has 3 aromatic carbocycles. The molecule has 2 aliphatic carbocycles. The van der Waals surface area contributed by atoms with E-state index in [-0.39, 0.29) is 65.8 Å². The maximum atomic E-state index is 15.9. The largest absolute Gasteiger partial charge is 2.00 e. The molecule has 5 atom stereocenters. The molecule has 5 unspecified atom stereocenters. The number of nitrogens with zero attached hydrogens (tertiary/aromatic N) is 4. The molecule has 1 N–H and O–H groups in total. The molecule has 11 rings (SSSR count). The summed E-state index contributed by atoms with van der Waals surface area (Å²) in [4.78, 5) is 29.9. The SMILES string of the molecule is O=C1NCC2C3CCC(C3C#Cc3c4nc(c(-c5c(F)c(F)c(F)c(F)c5F)c5ccc([n-]5)c(-c5c(F)c(F)c(F)c(F)c5F)c5nc(c(-c6c(F)c(F)c(F)c(F)c6F)c6ccc3[n-]6)C=C5)C=C4)C12.[C-]#[O+].[Ru+2]. The van der Waals surface area contributed by atoms with Crippen molar-refractivity contribution in [3.05, 3.63) is 147 Å². The van der Waals surface area contributed by atoms with Crippen molar-refractivity contribution in [3.63, 3.8) is 0 Å². The Morgan fingerprint density at radius 2 is 0.795 bits per heavy atom. The number of hydrogen-bond donors (Lipinski definition) is 1. The Bertz CT molecular complexity index is 3630. The molecular formula is C50H20F15N5O2Ru. The van der Waals surface area contributed by atoms with Crippen LogP contribution in [0.4, 0.5) is 65.9 Å². The van der Waals surface area contributed by atoms with Gasteiger partial charge in [0.05, 0.1) is 39.5 Å². The maximum absolute atomic E-state index is 15.9. The molecule has 7 nitrogen and oxygen atoms in total. The minimum absolute atomic E-state index is 0. The van der Waals surface area contributed by atoms with Crippen LogP contribution in [-0.2, 0) is 28.9 Å². The molecule has 1 amide bonds. The molecule has 0 spiro atoms. The zero-order valence-corrected chi connectivity index (χ0v) is 37.5. The zero-order valence-electron chi connectivity index (χ0n) is 35.8. The average Bonchev–Trinajstić information content (AvgIpc) is 4.26. The fraction of sp³-hybridized carbons (Fsp3) is 0.160. The van der Waals surface area contributed by atoms with E-state index in [1.54, 1.807) is 0 Å². The Labute approximate surface area is 411 Å². The number of carbonyl (C=O) groups excluding carboxylic acids is 1. The maximum Gasteiger partial charge on any atom is 2.00 e. The van der Waals surface area contributed by atoms with Crippen LogP contribution < -0.4 is 15.3 Å². The molecule has 1 saturated heterocycles. The summed E-state index contributed by atoms with van der Waals surface area (Å²) in [5.74, 6) is -32.2. The summed E-state index contributed by atoms with van der Waals surface area (Å²) >= 11 is 0. The van der Waals surface area contributed by atoms with Crippen molar-refractivity contribution in [2.24, 2.45) is 29.6 Å². The van der Waals surface area contributed by atoms with Crippen LogP contribution in [0.1, 0.15) is 41.2 Å². The van der Waals surface area contributed by atoms with E-state index >= 15 is 43.9 Å². The number of aromatic nitrogens is 4. The van der Waals surface area contributed by atoms with Gasteiger partial charge in [0.2, 0.25) is 23.4 Å². The summed E-state index contributed by atoms with van der Waals surface area (Å²) in [7, 11) is 0. The second kappa shape index (κ2) is 18.6. The number of hydrogen-bond acceptors (Lipinski definition) is 3. The molecule has 23 heteroatoms. The monoisotopic (exact) mass is 1110 g/mol. The van der Waals surface area contributed by atoms with Crippen molar-refractivity contribution in [3.8, 4) is 45.2 Å². The second-order valence-electron chi connectivity index (χ2n) is 16.8. The van der Waals surface area contributed by atoms with Gasteiger partial charge in [-0.05, 0) is 71.6 Å². The summed E-state index contributed by atoms with van der Waals surface area (Å²) in [6.45, 7) is 4.91. The van der Waals surface area contributed by atoms with Gasteiger partial charge < -0.3 is 15.3 Å². The first-order chi connectivity index (χ1) is 34.4. The van der Waals surface area contributed by atoms with E-state index in [1.165, 1.54) is 0 Å². The van der Waals surface area contributed by atoms with E-state index in [0.717, 1.165) is 48.6 Å². The standard InChI is InChI=1S/C49H21F15N5O.CO.Ru/c50-34-31(35(51)41(57)46(62)40(34)56)28-21-7-5-19(66-21)17(4-2-14-15-1-3-16(14)27-18(15)13-65-49(27)70)20-6-8-22(67-20)29(32-36(52)42(58)47(63)43(59)37(32)53)24-10-12-26(69-24)30(25-11-9-23(28)68-25)33-38(54)44(60)48(64)45(61)39(33)55;1-2;/h5-12,14-16,18,27H,1,3,13H2,(H2-,65,66,67,68,69,70);;/q-1;;+2/p-1. The Morgan fingerprint density at radius 1 is 0.466 bits per heavy atom. The van der Waals surface area contributed by atoms with Crippen molar-refractivity contribution in [1.29, 1.82) is 0 Å². The molecule has 6 aromatic rings. The van der Waals surface area contributed by atoms with Crippen molar-refractivity contribution in [1.82, 2.24) is 25.3 Å². The predicted molar refractivity (Wildman–Crippen MR) is 223 cm³/mol. The number of nitrogens with one attached hydrogen (secondary N) is 1. The minimum atomic E-state index is -2.63. The third-order valence-corrected chi connectivity index (χ3v) is 13.4. The fourth-order valence-electron chi connectivity index (χ4n) is 10.4. The molecule has 2 saturated carbocycles. The normalized spacial score (nSPS) is 19.0. The fourth-order valence-corrected chi connectivity index (χ4v) is 10.4. The van der Waals surface area contributed by atoms with Gasteiger partial charge in [-0.15, -0.1) is 22.1 Å². The molecule has 73 heavy (non-hydrogen) atoms. The molecule has 3 aliphatic heterocycles. The Morgan fingerprint density at radius 3 is 1.19 bits per heavy atom. The first-order valence-electron chi connectivity index (χ1n) is 21.0. The van der Waals surface area contributed by atoms with E-state index in [0.29, 0.717) is 19.4 Å². The topological polar surface area (TPSA) is 103 Å². The first-order valence-corrected chi connectivity index (χ1v) is 21.0. The van der Waals surface area contributed by atoms with Gasteiger partial charge in [-0.1, -0.05) is 36.1 Å². The molecule has 3 aromatic heterocycles. The van der Waals surface area contributed by atoms with Crippen LogP contribution in [0.5, 0.6) is 0 Å². The van der Waals surface area contributed by atoms with Gasteiger partial charge in [-0.3, -0.25) is 4.79 Å². The van der Waals surface area contributed by atoms with Gasteiger partial charge >= 0.3 is 30.8 Å². The van der Waals surface area contributed by atoms with Crippen molar-refractivity contribution < 1.29 is 94.8 Å². The third-order valence-electron chi connectivity index (χ3n) is 13.4. The van der Waals surface area contributed by atoms with E-state index < -0.39 is 160 Å². The summed E-state index contributed by atoms with van der Waals surface area (Å²) in [6.07, 6.45) is 5.08. The molecule has 5 aliphatic rings. The summed E-state index contributed by atoms with van der Waals surface area (Å²) in [5, 5.41) is 2.85. The first kappa shape index (κ1) is 50.5. The van der Waals surface area contributed by atoms with Crippen LogP contribution in [0.15, 0.2) is 24.3 Å². The summed E-state index contributed by atoms with van der Waals surface area (Å²) in [5.41, 5.74) is -13.4. The average molecular weight is 1110 g/mol. The van der Waals surface area contributed by atoms with Gasteiger partial charge in [0, 0.05) is 23.9 Å². The molecule has 0 radical (unpaired) electrons. The van der Waals surface area contributed by atoms with E-state index in [2.05, 4.69) is 43.7 Å². The summed E-state index contributed by atoms with van der Waals surface area (Å²) < 4.78 is 236. The van der Waals surface area contributed by atoms with E-state index in [1.807, 2.05) is 0 Å². The quantitative estimate of drug-likeness (QED) is 0.0361. The predicted octanol–water partition coefficient (Wildman–Crippen LogP) is 11.3. The number of rotatable bonds is 3. The van der Waals surface area contributed by atoms with E-state index in [9.17, 15) is 26.7 Å². The van der Waals surface area contributed by atoms with Crippen molar-refractivity contribution in [2.75, 3.05) is 6.54 Å². The van der Waals surface area contributed by atoms with Gasteiger partial charge in [-0.25, -0.2) is 75.8 Å². The Balaban J connectivity index is 0.00000216. The van der Waals surface area contributed by atoms with Crippen molar-refractivity contribution in [2.45, 2.75) is 12.8 Å². The van der Waals surface area contributed by atoms with Gasteiger partial charge in [0.1, 0.15) is 0 Å². The number of carbonyl (C=O) groups is 1. The Hall–Kier alpha value is -7.40. The van der Waals surface area contributed by atoms with Crippen LogP contribution >= 0.6 is 0 Å². The zero-order chi connectivity index (χ0) is 51.5. The van der Waals surface area contributed by atoms with Crippen LogP contribution in [0.2, 0.25) is 0 Å². The van der Waals surface area contributed by atoms with Crippen LogP contribution in [-0.4, -0.2) is 22.4 Å². The smallest absolute Gasteiger partial charge is 2.00 e. The molecule has 10 bridgehead atoms. The van der Waals surface area contributed by atoms with Crippen LogP contribution in [0, 0.1) is 135 Å². The molecule has 6 heterocycles. The number of halogens is 15. The van der Waals surface area contributed by atoms with Gasteiger partial charge in [0.25, 0.3) is 0 Å². The number of benzene rings is 3. The van der Waals surface area contributed by atoms with Crippen LogP contribution in [0.3, 0.4) is 0 Å². The van der Waals surface area contributed by atoms with E-state index in [4.69, 9.17) is 4.65 Å². The molecular weight excluding hydrogens is 1090 g/mol. The van der Waals surface area contributed by atoms with Crippen molar-refractivity contribution >= 4 is 52.3 Å². The summed E-state index contributed by atoms with van der Waals surface area (Å²) in [6, 6.07) is 3.73. The molecule has 370 valence electrons. The second-order valence-corrected chi connectivity index (χ2v) is 16.8.